The fourth-order valence-electron chi connectivity index (χ4n) is 3.91. The molecule has 0 N–H and O–H groups in total. The number of fused-ring (bicyclic) bond motifs is 1. The molecule has 0 aliphatic carbocycles. The summed E-state index contributed by atoms with van der Waals surface area (Å²) in [7, 11) is 0. The van der Waals surface area contributed by atoms with Gasteiger partial charge in [0.05, 0.1) is 6.17 Å². The molecule has 2 aliphatic heterocycles. The average Bonchev–Trinajstić information content (AvgIpc) is 3.25. The van der Waals surface area contributed by atoms with Crippen LogP contribution in [0.5, 0.6) is 0 Å². The van der Waals surface area contributed by atoms with Crippen molar-refractivity contribution in [3.63, 3.8) is 0 Å². The average molecular weight is 316 g/mol. The summed E-state index contributed by atoms with van der Waals surface area (Å²) in [6.07, 6.45) is 8.64. The van der Waals surface area contributed by atoms with Crippen LogP contribution in [0.2, 0.25) is 0 Å². The Labute approximate surface area is 136 Å². The second-order valence-electron chi connectivity index (χ2n) is 6.33. The monoisotopic (exact) mass is 316 g/mol. The number of pyridine rings is 1. The van der Waals surface area contributed by atoms with Crippen LogP contribution in [-0.4, -0.2) is 43.5 Å². The summed E-state index contributed by atoms with van der Waals surface area (Å²) in [6.45, 7) is 4.57. The van der Waals surface area contributed by atoms with E-state index in [0.29, 0.717) is 6.17 Å². The van der Waals surface area contributed by atoms with Crippen LogP contribution < -0.4 is 0 Å². The highest BCUT2D eigenvalue weighted by Crippen LogP contribution is 2.34. The number of aromatic nitrogens is 3. The molecule has 2 atom stereocenters. The maximum atomic E-state index is 4.95. The molecule has 4 rings (SSSR count). The number of hydrogen-bond donors (Lipinski definition) is 0. The lowest BCUT2D eigenvalue weighted by Crippen LogP contribution is -2.29. The molecule has 0 radical (unpaired) electrons. The highest BCUT2D eigenvalue weighted by Gasteiger charge is 2.30. The normalized spacial score (nSPS) is 26.2. The minimum absolute atomic E-state index is 0.450. The highest BCUT2D eigenvalue weighted by atomic mass is 32.2. The van der Waals surface area contributed by atoms with E-state index in [1.54, 1.807) is 0 Å². The van der Waals surface area contributed by atoms with E-state index >= 15 is 0 Å². The molecule has 2 aromatic heterocycles. The van der Waals surface area contributed by atoms with Crippen molar-refractivity contribution in [2.45, 2.75) is 50.4 Å². The maximum absolute atomic E-state index is 4.95. The third-order valence-corrected chi connectivity index (χ3v) is 6.39. The second kappa shape index (κ2) is 6.20. The summed E-state index contributed by atoms with van der Waals surface area (Å²) < 4.78 is 2.45. The Bertz CT molecular complexity index is 647. The van der Waals surface area contributed by atoms with Crippen LogP contribution in [0, 0.1) is 0 Å². The Balaban J connectivity index is 1.75. The van der Waals surface area contributed by atoms with Crippen molar-refractivity contribution in [3.8, 4) is 0 Å². The molecule has 2 aliphatic rings. The predicted molar refractivity (Wildman–Crippen MR) is 92.2 cm³/mol. The molecular formula is C17H24N4S. The van der Waals surface area contributed by atoms with E-state index in [1.165, 1.54) is 43.8 Å². The third-order valence-electron chi connectivity index (χ3n) is 4.99. The SMILES string of the molecule is CCN1CCCC1n1c(CC2CCCS2)nc2cccnc21. The molecule has 0 spiro atoms. The molecular weight excluding hydrogens is 292 g/mol. The zero-order valence-corrected chi connectivity index (χ0v) is 14.1. The van der Waals surface area contributed by atoms with E-state index in [9.17, 15) is 0 Å². The Morgan fingerprint density at radius 2 is 2.27 bits per heavy atom. The lowest BCUT2D eigenvalue weighted by atomic mass is 10.2. The molecule has 118 valence electrons. The van der Waals surface area contributed by atoms with Gasteiger partial charge in [-0.15, -0.1) is 0 Å². The van der Waals surface area contributed by atoms with E-state index < -0.39 is 0 Å². The summed E-state index contributed by atoms with van der Waals surface area (Å²) in [5.74, 6) is 2.56. The lowest BCUT2D eigenvalue weighted by Gasteiger charge is -2.26. The Kier molecular flexibility index (Phi) is 4.09. The Morgan fingerprint density at radius 3 is 3.09 bits per heavy atom. The van der Waals surface area contributed by atoms with Crippen LogP contribution in [0.25, 0.3) is 11.2 Å². The molecule has 2 unspecified atom stereocenters. The molecule has 0 saturated carbocycles. The first-order valence-corrected chi connectivity index (χ1v) is 9.59. The van der Waals surface area contributed by atoms with Crippen LogP contribution in [-0.2, 0) is 6.42 Å². The van der Waals surface area contributed by atoms with Gasteiger partial charge in [0.15, 0.2) is 5.65 Å². The van der Waals surface area contributed by atoms with Gasteiger partial charge < -0.3 is 0 Å². The summed E-state index contributed by atoms with van der Waals surface area (Å²) in [5.41, 5.74) is 2.13. The Hall–Kier alpha value is -1.07. The van der Waals surface area contributed by atoms with Gasteiger partial charge in [-0.1, -0.05) is 6.92 Å². The van der Waals surface area contributed by atoms with Gasteiger partial charge in [0.1, 0.15) is 11.3 Å². The molecule has 4 nitrogen and oxygen atoms in total. The van der Waals surface area contributed by atoms with Crippen molar-refractivity contribution in [2.24, 2.45) is 0 Å². The molecule has 2 fully saturated rings. The minimum atomic E-state index is 0.450. The fourth-order valence-corrected chi connectivity index (χ4v) is 5.18. The van der Waals surface area contributed by atoms with Gasteiger partial charge in [0.25, 0.3) is 0 Å². The predicted octanol–water partition coefficient (Wildman–Crippen LogP) is 3.48. The van der Waals surface area contributed by atoms with Crippen molar-refractivity contribution in [1.82, 2.24) is 19.4 Å². The summed E-state index contributed by atoms with van der Waals surface area (Å²) in [6, 6.07) is 4.11. The van der Waals surface area contributed by atoms with Crippen LogP contribution in [0.1, 0.15) is 44.6 Å². The standard InChI is InChI=1S/C17H24N4S/c1-2-20-10-4-8-16(20)21-15(12-13-6-5-11-22-13)19-14-7-3-9-18-17(14)21/h3,7,9,13,16H,2,4-6,8,10-12H2,1H3. The zero-order valence-electron chi connectivity index (χ0n) is 13.2. The number of rotatable bonds is 4. The van der Waals surface area contributed by atoms with Crippen LogP contribution in [0.3, 0.4) is 0 Å². The van der Waals surface area contributed by atoms with Crippen molar-refractivity contribution in [1.29, 1.82) is 0 Å². The molecule has 2 saturated heterocycles. The van der Waals surface area contributed by atoms with E-state index in [1.807, 2.05) is 12.3 Å². The lowest BCUT2D eigenvalue weighted by molar-refractivity contribution is 0.203. The van der Waals surface area contributed by atoms with Crippen LogP contribution in [0.15, 0.2) is 18.3 Å². The van der Waals surface area contributed by atoms with E-state index in [2.05, 4.69) is 39.2 Å². The van der Waals surface area contributed by atoms with Gasteiger partial charge in [-0.05, 0) is 50.1 Å². The van der Waals surface area contributed by atoms with Crippen molar-refractivity contribution in [2.75, 3.05) is 18.8 Å². The number of hydrogen-bond acceptors (Lipinski definition) is 4. The van der Waals surface area contributed by atoms with Crippen LogP contribution in [0.4, 0.5) is 0 Å². The molecule has 0 amide bonds. The second-order valence-corrected chi connectivity index (χ2v) is 7.74. The zero-order chi connectivity index (χ0) is 14.9. The topological polar surface area (TPSA) is 34.0 Å². The minimum Gasteiger partial charge on any atom is -0.296 e. The maximum Gasteiger partial charge on any atom is 0.161 e. The first-order valence-electron chi connectivity index (χ1n) is 8.54. The van der Waals surface area contributed by atoms with Crippen molar-refractivity contribution >= 4 is 22.9 Å². The van der Waals surface area contributed by atoms with E-state index in [0.717, 1.165) is 29.4 Å². The summed E-state index contributed by atoms with van der Waals surface area (Å²) in [5, 5.41) is 0.743. The molecule has 0 aromatic carbocycles. The van der Waals surface area contributed by atoms with Gasteiger partial charge in [-0.3, -0.25) is 9.47 Å². The van der Waals surface area contributed by atoms with Gasteiger partial charge in [-0.25, -0.2) is 9.97 Å². The van der Waals surface area contributed by atoms with Gasteiger partial charge >= 0.3 is 0 Å². The van der Waals surface area contributed by atoms with Crippen molar-refractivity contribution < 1.29 is 0 Å². The molecule has 0 bridgehead atoms. The molecule has 5 heteroatoms. The van der Waals surface area contributed by atoms with E-state index in [-0.39, 0.29) is 0 Å². The van der Waals surface area contributed by atoms with Crippen LogP contribution >= 0.6 is 11.8 Å². The molecule has 4 heterocycles. The highest BCUT2D eigenvalue weighted by molar-refractivity contribution is 8.00. The smallest absolute Gasteiger partial charge is 0.161 e. The van der Waals surface area contributed by atoms with E-state index in [4.69, 9.17) is 4.98 Å². The first kappa shape index (κ1) is 14.5. The summed E-state index contributed by atoms with van der Waals surface area (Å²) in [4.78, 5) is 12.2. The number of likely N-dealkylation sites (tertiary alicyclic amines) is 1. The fraction of sp³-hybridized carbons (Fsp3) is 0.647. The van der Waals surface area contributed by atoms with Gasteiger partial charge in [-0.2, -0.15) is 11.8 Å². The first-order chi connectivity index (χ1) is 10.9. The Morgan fingerprint density at radius 1 is 1.32 bits per heavy atom. The molecule has 2 aromatic rings. The van der Waals surface area contributed by atoms with Crippen molar-refractivity contribution in [3.05, 3.63) is 24.2 Å². The largest absolute Gasteiger partial charge is 0.296 e. The number of thioether (sulfide) groups is 1. The number of nitrogens with zero attached hydrogens (tertiary/aromatic N) is 4. The van der Waals surface area contributed by atoms with Gasteiger partial charge in [0.2, 0.25) is 0 Å². The molecule has 22 heavy (non-hydrogen) atoms. The van der Waals surface area contributed by atoms with Gasteiger partial charge in [0, 0.05) is 24.4 Å². The third kappa shape index (κ3) is 2.54. The quantitative estimate of drug-likeness (QED) is 0.865. The summed E-state index contributed by atoms with van der Waals surface area (Å²) >= 11 is 2.12. The number of imidazole rings is 1.